The van der Waals surface area contributed by atoms with Gasteiger partial charge in [0.2, 0.25) is 5.95 Å². The Labute approximate surface area is 184 Å². The molecule has 2 aromatic rings. The molecule has 2 saturated heterocycles. The maximum Gasteiger partial charge on any atom is 0.494 e. The van der Waals surface area contributed by atoms with Crippen molar-refractivity contribution >= 4 is 18.5 Å². The van der Waals surface area contributed by atoms with Gasteiger partial charge in [-0.2, -0.15) is 0 Å². The SMILES string of the molecule is CCc1ccnc(N2CCC(COc3ccc(B4OC(C)(C)C(C)(C)O4)cc3F)C2)n1. The molecule has 0 aliphatic carbocycles. The molecule has 6 nitrogen and oxygen atoms in total. The molecule has 0 radical (unpaired) electrons. The van der Waals surface area contributed by atoms with Gasteiger partial charge in [0.05, 0.1) is 17.8 Å². The van der Waals surface area contributed by atoms with E-state index in [-0.39, 0.29) is 5.75 Å². The molecule has 31 heavy (non-hydrogen) atoms. The van der Waals surface area contributed by atoms with Crippen molar-refractivity contribution in [1.29, 1.82) is 0 Å². The van der Waals surface area contributed by atoms with Crippen LogP contribution in [0, 0.1) is 11.7 Å². The summed E-state index contributed by atoms with van der Waals surface area (Å²) < 4.78 is 32.6. The Kier molecular flexibility index (Phi) is 5.96. The second-order valence-electron chi connectivity index (χ2n) is 9.39. The lowest BCUT2D eigenvalue weighted by molar-refractivity contribution is 0.00578. The first-order chi connectivity index (χ1) is 14.7. The summed E-state index contributed by atoms with van der Waals surface area (Å²) >= 11 is 0. The van der Waals surface area contributed by atoms with Crippen LogP contribution in [-0.2, 0) is 15.7 Å². The first kappa shape index (κ1) is 22.0. The summed E-state index contributed by atoms with van der Waals surface area (Å²) in [6.07, 6.45) is 3.66. The highest BCUT2D eigenvalue weighted by atomic mass is 19.1. The molecule has 4 rings (SSSR count). The minimum absolute atomic E-state index is 0.253. The van der Waals surface area contributed by atoms with Gasteiger partial charge in [-0.15, -0.1) is 0 Å². The third-order valence-corrected chi connectivity index (χ3v) is 6.59. The predicted molar refractivity (Wildman–Crippen MR) is 119 cm³/mol. The summed E-state index contributed by atoms with van der Waals surface area (Å²) in [5.41, 5.74) is 0.771. The Morgan fingerprint density at radius 3 is 2.61 bits per heavy atom. The van der Waals surface area contributed by atoms with Crippen LogP contribution in [0.15, 0.2) is 30.5 Å². The molecule has 1 atom stereocenters. The van der Waals surface area contributed by atoms with Crippen LogP contribution in [0.3, 0.4) is 0 Å². The van der Waals surface area contributed by atoms with Crippen molar-refractivity contribution in [2.75, 3.05) is 24.6 Å². The van der Waals surface area contributed by atoms with E-state index in [4.69, 9.17) is 14.0 Å². The fraction of sp³-hybridized carbons (Fsp3) is 0.565. The largest absolute Gasteiger partial charge is 0.494 e. The Balaban J connectivity index is 1.34. The monoisotopic (exact) mass is 427 g/mol. The van der Waals surface area contributed by atoms with Crippen LogP contribution in [0.4, 0.5) is 10.3 Å². The van der Waals surface area contributed by atoms with Gasteiger partial charge in [0, 0.05) is 30.9 Å². The predicted octanol–water partition coefficient (Wildman–Crippen LogP) is 3.38. The summed E-state index contributed by atoms with van der Waals surface area (Å²) in [5, 5.41) is 0. The smallest absolute Gasteiger partial charge is 0.490 e. The highest BCUT2D eigenvalue weighted by Gasteiger charge is 2.51. The molecule has 2 fully saturated rings. The van der Waals surface area contributed by atoms with Crippen LogP contribution in [0.1, 0.15) is 46.7 Å². The van der Waals surface area contributed by atoms with E-state index in [2.05, 4.69) is 21.8 Å². The Morgan fingerprint density at radius 2 is 1.94 bits per heavy atom. The van der Waals surface area contributed by atoms with E-state index >= 15 is 0 Å². The lowest BCUT2D eigenvalue weighted by atomic mass is 9.79. The number of aromatic nitrogens is 2. The van der Waals surface area contributed by atoms with Crippen LogP contribution in [0.25, 0.3) is 0 Å². The zero-order chi connectivity index (χ0) is 22.2. The van der Waals surface area contributed by atoms with Crippen LogP contribution in [0.2, 0.25) is 0 Å². The maximum absolute atomic E-state index is 14.7. The summed E-state index contributed by atoms with van der Waals surface area (Å²) in [4.78, 5) is 11.2. The lowest BCUT2D eigenvalue weighted by Crippen LogP contribution is -2.41. The number of nitrogens with zero attached hydrogens (tertiary/aromatic N) is 3. The molecule has 0 spiro atoms. The van der Waals surface area contributed by atoms with Crippen molar-refractivity contribution in [3.05, 3.63) is 42.0 Å². The normalized spacial score (nSPS) is 22.2. The van der Waals surface area contributed by atoms with Crippen molar-refractivity contribution in [3.63, 3.8) is 0 Å². The van der Waals surface area contributed by atoms with Crippen molar-refractivity contribution in [1.82, 2.24) is 9.97 Å². The lowest BCUT2D eigenvalue weighted by Gasteiger charge is -2.32. The van der Waals surface area contributed by atoms with Gasteiger partial charge in [-0.05, 0) is 64.2 Å². The molecule has 2 aliphatic rings. The molecule has 3 heterocycles. The average molecular weight is 427 g/mol. The van der Waals surface area contributed by atoms with E-state index in [9.17, 15) is 4.39 Å². The zero-order valence-corrected chi connectivity index (χ0v) is 19.0. The first-order valence-corrected chi connectivity index (χ1v) is 11.0. The van der Waals surface area contributed by atoms with Crippen LogP contribution < -0.4 is 15.1 Å². The summed E-state index contributed by atoms with van der Waals surface area (Å²) in [6, 6.07) is 6.86. The number of rotatable bonds is 6. The first-order valence-electron chi connectivity index (χ1n) is 11.0. The molecule has 0 amide bonds. The molecular formula is C23H31BFN3O3. The third kappa shape index (κ3) is 4.55. The number of anilines is 1. The molecule has 0 bridgehead atoms. The molecule has 1 aromatic carbocycles. The average Bonchev–Trinajstić information content (AvgIpc) is 3.29. The zero-order valence-electron chi connectivity index (χ0n) is 19.0. The Bertz CT molecular complexity index is 924. The number of benzene rings is 1. The van der Waals surface area contributed by atoms with Gasteiger partial charge in [-0.25, -0.2) is 14.4 Å². The minimum Gasteiger partial charge on any atom is -0.490 e. The number of halogens is 1. The highest BCUT2D eigenvalue weighted by Crippen LogP contribution is 2.36. The van der Waals surface area contributed by atoms with Crippen molar-refractivity contribution in [3.8, 4) is 5.75 Å². The quantitative estimate of drug-likeness (QED) is 0.659. The second-order valence-corrected chi connectivity index (χ2v) is 9.39. The van der Waals surface area contributed by atoms with Crippen LogP contribution in [-0.4, -0.2) is 48.0 Å². The third-order valence-electron chi connectivity index (χ3n) is 6.59. The summed E-state index contributed by atoms with van der Waals surface area (Å²) in [6.45, 7) is 12.1. The molecule has 0 saturated carbocycles. The number of hydrogen-bond acceptors (Lipinski definition) is 6. The fourth-order valence-electron chi connectivity index (χ4n) is 3.85. The van der Waals surface area contributed by atoms with E-state index in [1.165, 1.54) is 6.07 Å². The Hall–Kier alpha value is -2.19. The standard InChI is InChI=1S/C23H31BFN3O3/c1-6-18-9-11-26-21(27-18)28-12-10-16(14-28)15-29-20-8-7-17(13-19(20)25)24-30-22(2,3)23(4,5)31-24/h7-9,11,13,16H,6,10,12,14-15H2,1-5H3. The van der Waals surface area contributed by atoms with E-state index in [1.807, 2.05) is 46.0 Å². The molecule has 1 unspecified atom stereocenters. The Morgan fingerprint density at radius 1 is 1.19 bits per heavy atom. The molecule has 2 aliphatic heterocycles. The van der Waals surface area contributed by atoms with E-state index < -0.39 is 24.1 Å². The van der Waals surface area contributed by atoms with Gasteiger partial charge in [0.1, 0.15) is 0 Å². The highest BCUT2D eigenvalue weighted by molar-refractivity contribution is 6.62. The molecule has 0 N–H and O–H groups in total. The van der Waals surface area contributed by atoms with E-state index in [1.54, 1.807) is 6.07 Å². The maximum atomic E-state index is 14.7. The van der Waals surface area contributed by atoms with Gasteiger partial charge in [-0.1, -0.05) is 13.0 Å². The molecule has 166 valence electrons. The van der Waals surface area contributed by atoms with Crippen molar-refractivity contribution in [2.45, 2.75) is 58.7 Å². The van der Waals surface area contributed by atoms with E-state index in [0.717, 1.165) is 37.6 Å². The number of ether oxygens (including phenoxy) is 1. The van der Waals surface area contributed by atoms with Gasteiger partial charge in [-0.3, -0.25) is 0 Å². The second kappa shape index (κ2) is 8.39. The summed E-state index contributed by atoms with van der Waals surface area (Å²) in [5.74, 6) is 0.917. The topological polar surface area (TPSA) is 56.7 Å². The van der Waals surface area contributed by atoms with Crippen molar-refractivity contribution < 1.29 is 18.4 Å². The minimum atomic E-state index is -0.587. The van der Waals surface area contributed by atoms with Crippen LogP contribution in [0.5, 0.6) is 5.75 Å². The molecule has 1 aromatic heterocycles. The van der Waals surface area contributed by atoms with Gasteiger partial charge in [0.15, 0.2) is 11.6 Å². The molecule has 8 heteroatoms. The van der Waals surface area contributed by atoms with E-state index in [0.29, 0.717) is 18.0 Å². The number of aryl methyl sites for hydroxylation is 1. The fourth-order valence-corrected chi connectivity index (χ4v) is 3.85. The molecular weight excluding hydrogens is 396 g/mol. The van der Waals surface area contributed by atoms with Gasteiger partial charge >= 0.3 is 7.12 Å². The van der Waals surface area contributed by atoms with Gasteiger partial charge in [0.25, 0.3) is 0 Å². The number of hydrogen-bond donors (Lipinski definition) is 0. The summed E-state index contributed by atoms with van der Waals surface area (Å²) in [7, 11) is -0.587. The van der Waals surface area contributed by atoms with Crippen LogP contribution >= 0.6 is 0 Å². The van der Waals surface area contributed by atoms with Gasteiger partial charge < -0.3 is 18.9 Å². The van der Waals surface area contributed by atoms with Crippen molar-refractivity contribution in [2.24, 2.45) is 5.92 Å².